The van der Waals surface area contributed by atoms with Crippen molar-refractivity contribution in [3.05, 3.63) is 181 Å². The molecule has 0 saturated heterocycles. The lowest BCUT2D eigenvalue weighted by Gasteiger charge is -2.17. The Balaban J connectivity index is 1.36. The van der Waals surface area contributed by atoms with Gasteiger partial charge in [0.25, 0.3) is 0 Å². The Kier molecular flexibility index (Phi) is 6.95. The van der Waals surface area contributed by atoms with E-state index in [2.05, 4.69) is 164 Å². The Labute approximate surface area is 269 Å². The topological polar surface area (TPSA) is 23.8 Å². The molecule has 0 amide bonds. The van der Waals surface area contributed by atoms with Crippen molar-refractivity contribution in [1.82, 2.24) is 0 Å². The van der Waals surface area contributed by atoms with Crippen LogP contribution < -0.4 is 0 Å². The number of fused-ring (bicyclic) bond motifs is 3. The molecular weight excluding hydrogens is 555 g/mol. The molecule has 0 aliphatic rings. The summed E-state index contributed by atoms with van der Waals surface area (Å²) >= 11 is 0. The Morgan fingerprint density at radius 2 is 0.761 bits per heavy atom. The van der Waals surface area contributed by atoms with Gasteiger partial charge < -0.3 is 0 Å². The van der Waals surface area contributed by atoms with Gasteiger partial charge in [0, 0.05) is 0 Å². The van der Waals surface area contributed by atoms with E-state index in [4.69, 9.17) is 0 Å². The van der Waals surface area contributed by atoms with Crippen molar-refractivity contribution in [1.29, 1.82) is 5.26 Å². The summed E-state index contributed by atoms with van der Waals surface area (Å²) in [6.45, 7) is 0. The highest BCUT2D eigenvalue weighted by molar-refractivity contribution is 6.18. The predicted octanol–water partition coefficient (Wildman–Crippen LogP) is 12.2. The van der Waals surface area contributed by atoms with E-state index in [1.165, 1.54) is 66.1 Å². The van der Waals surface area contributed by atoms with Gasteiger partial charge in [-0.25, -0.2) is 0 Å². The van der Waals surface area contributed by atoms with Crippen molar-refractivity contribution in [2.24, 2.45) is 0 Å². The SMILES string of the molecule is N#Cc1cccc(-c2cc3c(-c4ccc(-c5ccccc5)cc4)cc(-c4ccc(-c5ccccc5)cc4)cc3c3ccccc23)c1. The van der Waals surface area contributed by atoms with Crippen molar-refractivity contribution in [2.45, 2.75) is 0 Å². The van der Waals surface area contributed by atoms with Gasteiger partial charge in [0.2, 0.25) is 0 Å². The maximum atomic E-state index is 9.66. The maximum absolute atomic E-state index is 9.66. The summed E-state index contributed by atoms with van der Waals surface area (Å²) in [5.41, 5.74) is 12.4. The third-order valence-electron chi connectivity index (χ3n) is 8.91. The molecular formula is C45H29N. The van der Waals surface area contributed by atoms with E-state index >= 15 is 0 Å². The second kappa shape index (κ2) is 11.7. The molecule has 0 spiro atoms. The first-order valence-electron chi connectivity index (χ1n) is 15.6. The van der Waals surface area contributed by atoms with Crippen LogP contribution in [-0.2, 0) is 0 Å². The molecule has 8 aromatic rings. The minimum atomic E-state index is 0.660. The zero-order valence-electron chi connectivity index (χ0n) is 25.2. The first-order chi connectivity index (χ1) is 22.7. The summed E-state index contributed by atoms with van der Waals surface area (Å²) in [5, 5.41) is 14.4. The standard InChI is InChI=1S/C45H29N/c46-30-31-10-9-15-38(26-31)43-29-45-42(37-24-22-35(23-25-37)33-13-5-2-6-14-33)27-39(28-44(45)41-17-8-7-16-40(41)43)36-20-18-34(19-21-36)32-11-3-1-4-12-32/h1-29H. The van der Waals surface area contributed by atoms with Gasteiger partial charge in [-0.05, 0) is 108 Å². The van der Waals surface area contributed by atoms with Crippen molar-refractivity contribution < 1.29 is 0 Å². The van der Waals surface area contributed by atoms with Gasteiger partial charge in [0.15, 0.2) is 0 Å². The van der Waals surface area contributed by atoms with Crippen LogP contribution in [0, 0.1) is 11.3 Å². The number of nitrogens with zero attached hydrogens (tertiary/aromatic N) is 1. The van der Waals surface area contributed by atoms with Crippen molar-refractivity contribution in [3.63, 3.8) is 0 Å². The van der Waals surface area contributed by atoms with E-state index < -0.39 is 0 Å². The summed E-state index contributed by atoms with van der Waals surface area (Å²) < 4.78 is 0. The Bertz CT molecular complexity index is 2380. The molecule has 0 unspecified atom stereocenters. The maximum Gasteiger partial charge on any atom is 0.0991 e. The van der Waals surface area contributed by atoms with Crippen LogP contribution in [0.5, 0.6) is 0 Å². The quantitative estimate of drug-likeness (QED) is 0.185. The van der Waals surface area contributed by atoms with Crippen molar-refractivity contribution in [2.75, 3.05) is 0 Å². The summed E-state index contributed by atoms with van der Waals surface area (Å²) in [7, 11) is 0. The van der Waals surface area contributed by atoms with Crippen LogP contribution in [0.2, 0.25) is 0 Å². The smallest absolute Gasteiger partial charge is 0.0991 e. The molecule has 0 N–H and O–H groups in total. The number of hydrogen-bond donors (Lipinski definition) is 0. The van der Waals surface area contributed by atoms with E-state index in [9.17, 15) is 5.26 Å². The summed E-state index contributed by atoms with van der Waals surface area (Å²) in [6, 6.07) is 64.7. The van der Waals surface area contributed by atoms with Crippen LogP contribution in [0.15, 0.2) is 176 Å². The molecule has 1 heteroatoms. The summed E-state index contributed by atoms with van der Waals surface area (Å²) in [6.07, 6.45) is 0. The van der Waals surface area contributed by atoms with Gasteiger partial charge in [-0.15, -0.1) is 0 Å². The third kappa shape index (κ3) is 5.03. The highest BCUT2D eigenvalue weighted by Gasteiger charge is 2.15. The molecule has 1 nitrogen and oxygen atoms in total. The lowest BCUT2D eigenvalue weighted by Crippen LogP contribution is -1.90. The molecule has 0 saturated carbocycles. The van der Waals surface area contributed by atoms with Gasteiger partial charge in [0.1, 0.15) is 0 Å². The molecule has 8 aromatic carbocycles. The monoisotopic (exact) mass is 583 g/mol. The fourth-order valence-corrected chi connectivity index (χ4v) is 6.57. The summed E-state index contributed by atoms with van der Waals surface area (Å²) in [4.78, 5) is 0. The van der Waals surface area contributed by atoms with E-state index in [0.29, 0.717) is 5.56 Å². The van der Waals surface area contributed by atoms with Gasteiger partial charge >= 0.3 is 0 Å². The number of hydrogen-bond acceptors (Lipinski definition) is 1. The van der Waals surface area contributed by atoms with E-state index in [-0.39, 0.29) is 0 Å². The number of rotatable bonds is 5. The molecule has 0 heterocycles. The largest absolute Gasteiger partial charge is 0.192 e. The zero-order chi connectivity index (χ0) is 30.9. The fourth-order valence-electron chi connectivity index (χ4n) is 6.57. The summed E-state index contributed by atoms with van der Waals surface area (Å²) in [5.74, 6) is 0. The minimum absolute atomic E-state index is 0.660. The number of benzene rings is 8. The van der Waals surface area contributed by atoms with Gasteiger partial charge in [-0.3, -0.25) is 0 Å². The van der Waals surface area contributed by atoms with Crippen LogP contribution in [0.3, 0.4) is 0 Å². The molecule has 0 atom stereocenters. The molecule has 46 heavy (non-hydrogen) atoms. The zero-order valence-corrected chi connectivity index (χ0v) is 25.2. The Morgan fingerprint density at radius 3 is 1.37 bits per heavy atom. The van der Waals surface area contributed by atoms with Gasteiger partial charge in [0.05, 0.1) is 11.6 Å². The van der Waals surface area contributed by atoms with E-state index in [1.807, 2.05) is 18.2 Å². The predicted molar refractivity (Wildman–Crippen MR) is 193 cm³/mol. The van der Waals surface area contributed by atoms with Crippen LogP contribution in [-0.4, -0.2) is 0 Å². The average molecular weight is 584 g/mol. The molecule has 8 rings (SSSR count). The lowest BCUT2D eigenvalue weighted by atomic mass is 9.86. The molecule has 0 aliphatic carbocycles. The van der Waals surface area contributed by atoms with Crippen molar-refractivity contribution in [3.8, 4) is 61.7 Å². The first kappa shape index (κ1) is 27.3. The fraction of sp³-hybridized carbons (Fsp3) is 0. The van der Waals surface area contributed by atoms with Gasteiger partial charge in [-0.2, -0.15) is 5.26 Å². The van der Waals surface area contributed by atoms with Gasteiger partial charge in [-0.1, -0.05) is 146 Å². The third-order valence-corrected chi connectivity index (χ3v) is 8.91. The molecule has 214 valence electrons. The lowest BCUT2D eigenvalue weighted by molar-refractivity contribution is 1.48. The Hall–Kier alpha value is -6.23. The highest BCUT2D eigenvalue weighted by atomic mass is 14.2. The van der Waals surface area contributed by atoms with Crippen LogP contribution in [0.1, 0.15) is 5.56 Å². The number of nitriles is 1. The average Bonchev–Trinajstić information content (AvgIpc) is 3.15. The first-order valence-corrected chi connectivity index (χ1v) is 15.6. The van der Waals surface area contributed by atoms with Crippen LogP contribution >= 0.6 is 0 Å². The second-order valence-corrected chi connectivity index (χ2v) is 11.7. The molecule has 0 fully saturated rings. The molecule has 0 bridgehead atoms. The normalized spacial score (nSPS) is 11.0. The molecule has 0 radical (unpaired) electrons. The molecule has 0 aromatic heterocycles. The van der Waals surface area contributed by atoms with Crippen LogP contribution in [0.25, 0.3) is 77.2 Å². The highest BCUT2D eigenvalue weighted by Crippen LogP contribution is 2.42. The van der Waals surface area contributed by atoms with Crippen molar-refractivity contribution >= 4 is 21.5 Å². The Morgan fingerprint density at radius 1 is 0.283 bits per heavy atom. The second-order valence-electron chi connectivity index (χ2n) is 11.7. The minimum Gasteiger partial charge on any atom is -0.192 e. The molecule has 0 aliphatic heterocycles. The van der Waals surface area contributed by atoms with E-state index in [1.54, 1.807) is 0 Å². The van der Waals surface area contributed by atoms with Crippen LogP contribution in [0.4, 0.5) is 0 Å². The van der Waals surface area contributed by atoms with E-state index in [0.717, 1.165) is 11.1 Å².